The Morgan fingerprint density at radius 3 is 1.19 bits per heavy atom. The molecule has 0 aliphatic heterocycles. The van der Waals surface area contributed by atoms with Gasteiger partial charge in [0.2, 0.25) is 0 Å². The highest BCUT2D eigenvalue weighted by Crippen LogP contribution is 2.39. The van der Waals surface area contributed by atoms with Crippen molar-refractivity contribution in [2.24, 2.45) is 0 Å². The average molecular weight is 409 g/mol. The Morgan fingerprint density at radius 1 is 0.375 bits per heavy atom. The molecule has 6 aromatic rings. The Bertz CT molecular complexity index is 1430. The van der Waals surface area contributed by atoms with Crippen LogP contribution in [-0.2, 0) is 0 Å². The van der Waals surface area contributed by atoms with Gasteiger partial charge in [-0.3, -0.25) is 0 Å². The molecule has 0 radical (unpaired) electrons. The molecule has 2 heteroatoms. The van der Waals surface area contributed by atoms with Gasteiger partial charge in [0, 0.05) is 33.0 Å². The molecule has 0 fully saturated rings. The van der Waals surface area contributed by atoms with Gasteiger partial charge in [-0.1, -0.05) is 97.1 Å². The number of pyridine rings is 2. The Balaban J connectivity index is 1.73. The number of hydrogen-bond donors (Lipinski definition) is 0. The molecule has 0 aliphatic rings. The van der Waals surface area contributed by atoms with Gasteiger partial charge in [0.1, 0.15) is 0 Å². The first-order valence-corrected chi connectivity index (χ1v) is 10.8. The number of nitrogens with zero attached hydrogens (tertiary/aromatic N) is 2. The minimum Gasteiger partial charge on any atom is -0.247 e. The topological polar surface area (TPSA) is 25.8 Å². The van der Waals surface area contributed by atoms with Crippen molar-refractivity contribution in [3.05, 3.63) is 121 Å². The van der Waals surface area contributed by atoms with Crippen LogP contribution in [0.4, 0.5) is 0 Å². The Labute approximate surface area is 186 Å². The summed E-state index contributed by atoms with van der Waals surface area (Å²) in [6.45, 7) is 0. The van der Waals surface area contributed by atoms with Crippen molar-refractivity contribution in [2.75, 3.05) is 0 Å². The number of para-hydroxylation sites is 2. The largest absolute Gasteiger partial charge is 0.247 e. The van der Waals surface area contributed by atoms with Gasteiger partial charge in [0.25, 0.3) is 0 Å². The van der Waals surface area contributed by atoms with Gasteiger partial charge in [-0.15, -0.1) is 0 Å². The Hall–Kier alpha value is -4.30. The van der Waals surface area contributed by atoms with E-state index in [4.69, 9.17) is 9.97 Å². The first kappa shape index (κ1) is 18.5. The number of fused-ring (bicyclic) bond motifs is 2. The maximum Gasteiger partial charge on any atom is 0.0788 e. The molecule has 0 unspecified atom stereocenters. The van der Waals surface area contributed by atoms with E-state index in [1.165, 1.54) is 0 Å². The summed E-state index contributed by atoms with van der Waals surface area (Å²) < 4.78 is 0. The van der Waals surface area contributed by atoms with Gasteiger partial charge >= 0.3 is 0 Å². The van der Waals surface area contributed by atoms with Crippen LogP contribution in [0, 0.1) is 0 Å². The summed E-state index contributed by atoms with van der Waals surface area (Å²) >= 11 is 0. The lowest BCUT2D eigenvalue weighted by Crippen LogP contribution is -1.96. The SMILES string of the molecule is c1ccc(-c2nc3ccccc3cc2-c2cc3ccccc3nc2-c2ccccc2)cc1. The van der Waals surface area contributed by atoms with Crippen LogP contribution in [0.1, 0.15) is 0 Å². The molecule has 4 aromatic carbocycles. The number of hydrogen-bond acceptors (Lipinski definition) is 2. The lowest BCUT2D eigenvalue weighted by atomic mass is 9.93. The number of aromatic nitrogens is 2. The molecule has 0 N–H and O–H groups in total. The summed E-state index contributed by atoms with van der Waals surface area (Å²) in [5.74, 6) is 0. The molecule has 2 nitrogen and oxygen atoms in total. The maximum absolute atomic E-state index is 5.11. The molecule has 0 aliphatic carbocycles. The van der Waals surface area contributed by atoms with Crippen LogP contribution in [0.3, 0.4) is 0 Å². The van der Waals surface area contributed by atoms with Crippen molar-refractivity contribution in [3.8, 4) is 33.6 Å². The zero-order valence-electron chi connectivity index (χ0n) is 17.4. The fourth-order valence-corrected chi connectivity index (χ4v) is 4.27. The molecule has 150 valence electrons. The second-order valence-electron chi connectivity index (χ2n) is 7.89. The zero-order chi connectivity index (χ0) is 21.3. The highest BCUT2D eigenvalue weighted by molar-refractivity contribution is 5.98. The highest BCUT2D eigenvalue weighted by atomic mass is 14.7. The van der Waals surface area contributed by atoms with Crippen LogP contribution in [0.15, 0.2) is 121 Å². The van der Waals surface area contributed by atoms with Gasteiger partial charge in [-0.05, 0) is 24.3 Å². The molecule has 0 saturated heterocycles. The lowest BCUT2D eigenvalue weighted by molar-refractivity contribution is 1.36. The molecule has 0 saturated carbocycles. The summed E-state index contributed by atoms with van der Waals surface area (Å²) in [7, 11) is 0. The van der Waals surface area contributed by atoms with E-state index in [0.717, 1.165) is 55.4 Å². The molecule has 2 heterocycles. The standard InChI is InChI=1S/C30H20N2/c1-3-11-21(12-4-1)29-25(19-23-15-7-9-17-27(23)31-29)26-20-24-16-8-10-18-28(24)32-30(26)22-13-5-2-6-14-22/h1-20H. The van der Waals surface area contributed by atoms with Crippen LogP contribution in [0.2, 0.25) is 0 Å². The molecule has 0 bridgehead atoms. The van der Waals surface area contributed by atoms with E-state index in [2.05, 4.69) is 97.1 Å². The molecule has 0 amide bonds. The average Bonchev–Trinajstić information content (AvgIpc) is 2.88. The molecule has 2 aromatic heterocycles. The van der Waals surface area contributed by atoms with Gasteiger partial charge in [0.15, 0.2) is 0 Å². The quantitative estimate of drug-likeness (QED) is 0.299. The van der Waals surface area contributed by atoms with Crippen LogP contribution in [-0.4, -0.2) is 9.97 Å². The predicted octanol–water partition coefficient (Wildman–Crippen LogP) is 7.78. The maximum atomic E-state index is 5.11. The van der Waals surface area contributed by atoms with E-state index in [9.17, 15) is 0 Å². The number of rotatable bonds is 3. The van der Waals surface area contributed by atoms with E-state index in [0.29, 0.717) is 0 Å². The van der Waals surface area contributed by atoms with Crippen molar-refractivity contribution in [1.82, 2.24) is 9.97 Å². The normalized spacial score (nSPS) is 11.1. The Kier molecular flexibility index (Phi) is 4.47. The van der Waals surface area contributed by atoms with Crippen LogP contribution < -0.4 is 0 Å². The van der Waals surface area contributed by atoms with Crippen molar-refractivity contribution >= 4 is 21.8 Å². The second-order valence-corrected chi connectivity index (χ2v) is 7.89. The van der Waals surface area contributed by atoms with Crippen molar-refractivity contribution < 1.29 is 0 Å². The predicted molar refractivity (Wildman–Crippen MR) is 133 cm³/mol. The van der Waals surface area contributed by atoms with Gasteiger partial charge < -0.3 is 0 Å². The fraction of sp³-hybridized carbons (Fsp3) is 0. The van der Waals surface area contributed by atoms with Crippen LogP contribution in [0.5, 0.6) is 0 Å². The molecule has 0 atom stereocenters. The molecular weight excluding hydrogens is 388 g/mol. The van der Waals surface area contributed by atoms with Crippen molar-refractivity contribution in [1.29, 1.82) is 0 Å². The van der Waals surface area contributed by atoms with E-state index in [1.807, 2.05) is 24.3 Å². The van der Waals surface area contributed by atoms with Crippen molar-refractivity contribution in [3.63, 3.8) is 0 Å². The molecule has 6 rings (SSSR count). The second kappa shape index (κ2) is 7.75. The zero-order valence-corrected chi connectivity index (χ0v) is 17.4. The summed E-state index contributed by atoms with van der Waals surface area (Å²) in [6, 6.07) is 41.9. The molecule has 32 heavy (non-hydrogen) atoms. The third-order valence-electron chi connectivity index (χ3n) is 5.83. The highest BCUT2D eigenvalue weighted by Gasteiger charge is 2.17. The minimum absolute atomic E-state index is 0.971. The molecule has 0 spiro atoms. The molecular formula is C30H20N2. The van der Waals surface area contributed by atoms with Crippen molar-refractivity contribution in [2.45, 2.75) is 0 Å². The van der Waals surface area contributed by atoms with E-state index < -0.39 is 0 Å². The summed E-state index contributed by atoms with van der Waals surface area (Å²) in [4.78, 5) is 10.2. The summed E-state index contributed by atoms with van der Waals surface area (Å²) in [5.41, 5.74) is 8.30. The van der Waals surface area contributed by atoms with E-state index in [1.54, 1.807) is 0 Å². The van der Waals surface area contributed by atoms with E-state index >= 15 is 0 Å². The van der Waals surface area contributed by atoms with E-state index in [-0.39, 0.29) is 0 Å². The number of benzene rings is 4. The summed E-state index contributed by atoms with van der Waals surface area (Å²) in [5, 5.41) is 2.24. The first-order valence-electron chi connectivity index (χ1n) is 10.8. The first-order chi connectivity index (χ1) is 15.9. The smallest absolute Gasteiger partial charge is 0.0788 e. The third kappa shape index (κ3) is 3.23. The van der Waals surface area contributed by atoms with Gasteiger partial charge in [0.05, 0.1) is 22.4 Å². The van der Waals surface area contributed by atoms with Gasteiger partial charge in [-0.25, -0.2) is 9.97 Å². The third-order valence-corrected chi connectivity index (χ3v) is 5.83. The monoisotopic (exact) mass is 408 g/mol. The Morgan fingerprint density at radius 2 is 0.750 bits per heavy atom. The van der Waals surface area contributed by atoms with Crippen LogP contribution in [0.25, 0.3) is 55.4 Å². The summed E-state index contributed by atoms with van der Waals surface area (Å²) in [6.07, 6.45) is 0. The lowest BCUT2D eigenvalue weighted by Gasteiger charge is -2.16. The van der Waals surface area contributed by atoms with Crippen LogP contribution >= 0.6 is 0 Å². The van der Waals surface area contributed by atoms with Gasteiger partial charge in [-0.2, -0.15) is 0 Å². The minimum atomic E-state index is 0.971. The fourth-order valence-electron chi connectivity index (χ4n) is 4.27.